The SMILES string of the molecule is CC(C)(C)c1nc2csnc2nc1C(C)(C)C. The highest BCUT2D eigenvalue weighted by Gasteiger charge is 2.29. The van der Waals surface area contributed by atoms with Gasteiger partial charge in [-0.05, 0) is 11.5 Å². The van der Waals surface area contributed by atoms with Crippen LogP contribution in [0.25, 0.3) is 11.2 Å². The van der Waals surface area contributed by atoms with Crippen molar-refractivity contribution in [3.63, 3.8) is 0 Å². The number of fused-ring (bicyclic) bond motifs is 1. The van der Waals surface area contributed by atoms with Gasteiger partial charge in [0.1, 0.15) is 5.52 Å². The predicted octanol–water partition coefficient (Wildman–Crippen LogP) is 3.68. The molecule has 4 heteroatoms. The van der Waals surface area contributed by atoms with Crippen LogP contribution in [0.2, 0.25) is 0 Å². The molecule has 17 heavy (non-hydrogen) atoms. The number of nitrogens with zero attached hydrogens (tertiary/aromatic N) is 3. The zero-order valence-corrected chi connectivity index (χ0v) is 12.1. The second-order valence-electron chi connectivity index (χ2n) is 6.44. The molecule has 0 N–H and O–H groups in total. The molecule has 2 heterocycles. The number of aromatic nitrogens is 3. The van der Waals surface area contributed by atoms with Crippen LogP contribution in [0.1, 0.15) is 52.9 Å². The molecule has 0 saturated heterocycles. The van der Waals surface area contributed by atoms with Crippen molar-refractivity contribution < 1.29 is 0 Å². The molecule has 0 spiro atoms. The molecule has 0 unspecified atom stereocenters. The molecule has 0 aliphatic rings. The van der Waals surface area contributed by atoms with Gasteiger partial charge in [-0.25, -0.2) is 9.97 Å². The van der Waals surface area contributed by atoms with Crippen molar-refractivity contribution in [2.45, 2.75) is 52.4 Å². The lowest BCUT2D eigenvalue weighted by Gasteiger charge is -2.27. The minimum atomic E-state index is -0.00653. The first-order chi connectivity index (χ1) is 7.69. The van der Waals surface area contributed by atoms with E-state index >= 15 is 0 Å². The fraction of sp³-hybridized carbons (Fsp3) is 0.615. The first-order valence-electron chi connectivity index (χ1n) is 5.82. The first-order valence-corrected chi connectivity index (χ1v) is 6.66. The Morgan fingerprint density at radius 1 is 0.882 bits per heavy atom. The van der Waals surface area contributed by atoms with E-state index in [0.29, 0.717) is 0 Å². The molecule has 0 bridgehead atoms. The smallest absolute Gasteiger partial charge is 0.191 e. The lowest BCUT2D eigenvalue weighted by Crippen LogP contribution is -2.25. The summed E-state index contributed by atoms with van der Waals surface area (Å²) in [6.07, 6.45) is 0. The van der Waals surface area contributed by atoms with Gasteiger partial charge in [-0.1, -0.05) is 41.5 Å². The number of hydrogen-bond donors (Lipinski definition) is 0. The van der Waals surface area contributed by atoms with Gasteiger partial charge in [0.2, 0.25) is 0 Å². The van der Waals surface area contributed by atoms with Crippen LogP contribution in [0.4, 0.5) is 0 Å². The molecule has 0 aliphatic heterocycles. The molecule has 0 atom stereocenters. The Labute approximate surface area is 106 Å². The Bertz CT molecular complexity index is 496. The van der Waals surface area contributed by atoms with Gasteiger partial charge in [0.05, 0.1) is 11.4 Å². The van der Waals surface area contributed by atoms with Gasteiger partial charge in [0.15, 0.2) is 5.65 Å². The quantitative estimate of drug-likeness (QED) is 0.715. The van der Waals surface area contributed by atoms with E-state index in [1.807, 2.05) is 5.38 Å². The molecular formula is C13H19N3S. The van der Waals surface area contributed by atoms with Crippen molar-refractivity contribution in [1.82, 2.24) is 14.3 Å². The van der Waals surface area contributed by atoms with Crippen molar-refractivity contribution in [3.8, 4) is 0 Å². The van der Waals surface area contributed by atoms with Gasteiger partial charge >= 0.3 is 0 Å². The maximum Gasteiger partial charge on any atom is 0.191 e. The third-order valence-electron chi connectivity index (χ3n) is 2.63. The molecular weight excluding hydrogens is 230 g/mol. The molecule has 0 saturated carbocycles. The highest BCUT2D eigenvalue weighted by Crippen LogP contribution is 2.32. The molecule has 0 amide bonds. The third-order valence-corrected chi connectivity index (χ3v) is 3.23. The second-order valence-corrected chi connectivity index (χ2v) is 7.07. The van der Waals surface area contributed by atoms with Crippen LogP contribution in [-0.2, 0) is 10.8 Å². The Balaban J connectivity index is 2.78. The molecule has 2 aromatic rings. The Morgan fingerprint density at radius 2 is 1.41 bits per heavy atom. The maximum absolute atomic E-state index is 4.76. The van der Waals surface area contributed by atoms with E-state index in [2.05, 4.69) is 45.9 Å². The zero-order chi connectivity index (χ0) is 12.8. The second kappa shape index (κ2) is 3.73. The van der Waals surface area contributed by atoms with Crippen LogP contribution >= 0.6 is 11.5 Å². The average Bonchev–Trinajstić information content (AvgIpc) is 2.59. The summed E-state index contributed by atoms with van der Waals surface area (Å²) in [5.41, 5.74) is 3.82. The van der Waals surface area contributed by atoms with Crippen LogP contribution in [-0.4, -0.2) is 14.3 Å². The van der Waals surface area contributed by atoms with E-state index < -0.39 is 0 Å². The van der Waals surface area contributed by atoms with Crippen LogP contribution in [0.5, 0.6) is 0 Å². The van der Waals surface area contributed by atoms with Gasteiger partial charge < -0.3 is 0 Å². The Kier molecular flexibility index (Phi) is 2.73. The van der Waals surface area contributed by atoms with E-state index in [1.165, 1.54) is 11.5 Å². The summed E-state index contributed by atoms with van der Waals surface area (Å²) in [6.45, 7) is 13.0. The molecule has 0 aliphatic carbocycles. The van der Waals surface area contributed by atoms with Crippen molar-refractivity contribution in [2.75, 3.05) is 0 Å². The van der Waals surface area contributed by atoms with Crippen LogP contribution in [0.15, 0.2) is 5.38 Å². The normalized spacial score (nSPS) is 13.3. The highest BCUT2D eigenvalue weighted by atomic mass is 32.1. The van der Waals surface area contributed by atoms with E-state index in [4.69, 9.17) is 9.97 Å². The molecule has 92 valence electrons. The maximum atomic E-state index is 4.76. The highest BCUT2D eigenvalue weighted by molar-refractivity contribution is 7.04. The molecule has 2 aromatic heterocycles. The van der Waals surface area contributed by atoms with E-state index in [1.54, 1.807) is 0 Å². The minimum Gasteiger partial charge on any atom is -0.246 e. The third kappa shape index (κ3) is 2.32. The van der Waals surface area contributed by atoms with Crippen LogP contribution in [0.3, 0.4) is 0 Å². The topological polar surface area (TPSA) is 38.7 Å². The number of rotatable bonds is 0. The minimum absolute atomic E-state index is 0.00569. The van der Waals surface area contributed by atoms with Crippen molar-refractivity contribution in [1.29, 1.82) is 0 Å². The molecule has 0 fully saturated rings. The van der Waals surface area contributed by atoms with Gasteiger partial charge in [0, 0.05) is 16.2 Å². The summed E-state index contributed by atoms with van der Waals surface area (Å²) in [4.78, 5) is 9.47. The molecule has 3 nitrogen and oxygen atoms in total. The number of hydrogen-bond acceptors (Lipinski definition) is 4. The summed E-state index contributed by atoms with van der Waals surface area (Å²) in [6, 6.07) is 0. The molecule has 2 rings (SSSR count). The predicted molar refractivity (Wildman–Crippen MR) is 72.6 cm³/mol. The summed E-state index contributed by atoms with van der Waals surface area (Å²) < 4.78 is 4.28. The molecule has 0 aromatic carbocycles. The van der Waals surface area contributed by atoms with Gasteiger partial charge in [-0.2, -0.15) is 4.37 Å². The van der Waals surface area contributed by atoms with E-state index in [-0.39, 0.29) is 10.8 Å². The summed E-state index contributed by atoms with van der Waals surface area (Å²) in [7, 11) is 0. The van der Waals surface area contributed by atoms with Gasteiger partial charge in [-0.3, -0.25) is 0 Å². The van der Waals surface area contributed by atoms with E-state index in [9.17, 15) is 0 Å². The van der Waals surface area contributed by atoms with Crippen molar-refractivity contribution in [3.05, 3.63) is 16.8 Å². The van der Waals surface area contributed by atoms with Crippen LogP contribution < -0.4 is 0 Å². The van der Waals surface area contributed by atoms with Gasteiger partial charge in [0.25, 0.3) is 0 Å². The Morgan fingerprint density at radius 3 is 1.94 bits per heavy atom. The summed E-state index contributed by atoms with van der Waals surface area (Å²) >= 11 is 1.42. The van der Waals surface area contributed by atoms with Crippen LogP contribution in [0, 0.1) is 0 Å². The zero-order valence-electron chi connectivity index (χ0n) is 11.3. The summed E-state index contributed by atoms with van der Waals surface area (Å²) in [5.74, 6) is 0. The first kappa shape index (κ1) is 12.4. The lowest BCUT2D eigenvalue weighted by atomic mass is 9.81. The van der Waals surface area contributed by atoms with Gasteiger partial charge in [-0.15, -0.1) is 0 Å². The average molecular weight is 249 g/mol. The largest absolute Gasteiger partial charge is 0.246 e. The van der Waals surface area contributed by atoms with Crippen molar-refractivity contribution >= 4 is 22.7 Å². The lowest BCUT2D eigenvalue weighted by molar-refractivity contribution is 0.502. The molecule has 0 radical (unpaired) electrons. The Hall–Kier alpha value is -1.03. The summed E-state index contributed by atoms with van der Waals surface area (Å²) in [5, 5.41) is 1.96. The fourth-order valence-corrected chi connectivity index (χ4v) is 2.30. The fourth-order valence-electron chi connectivity index (χ4n) is 1.76. The monoisotopic (exact) mass is 249 g/mol. The van der Waals surface area contributed by atoms with E-state index in [0.717, 1.165) is 22.6 Å². The standard InChI is InChI=1S/C13H19N3S/c1-12(2,3)9-10(13(4,5)6)15-11-8(14-9)7-17-16-11/h7H,1-6H3. The van der Waals surface area contributed by atoms with Crippen molar-refractivity contribution in [2.24, 2.45) is 0 Å².